The first-order valence-corrected chi connectivity index (χ1v) is 10.8. The van der Waals surface area contributed by atoms with Gasteiger partial charge < -0.3 is 10.0 Å². The zero-order chi connectivity index (χ0) is 17.6. The molecule has 0 aliphatic heterocycles. The Balaban J connectivity index is 1.62. The first kappa shape index (κ1) is 18.5. The first-order chi connectivity index (χ1) is 12.1. The summed E-state index contributed by atoms with van der Waals surface area (Å²) in [6.07, 6.45) is 12.2. The van der Waals surface area contributed by atoms with Crippen LogP contribution in [-0.2, 0) is 4.79 Å². The lowest BCUT2D eigenvalue weighted by atomic mass is 9.89. The Kier molecular flexibility index (Phi) is 6.58. The quantitative estimate of drug-likeness (QED) is 0.561. The lowest BCUT2D eigenvalue weighted by molar-refractivity contribution is -0.133. The summed E-state index contributed by atoms with van der Waals surface area (Å²) in [5, 5.41) is 12.3. The molecule has 0 unspecified atom stereocenters. The number of nitrogens with one attached hydrogen (secondary N) is 1. The van der Waals surface area contributed by atoms with Crippen molar-refractivity contribution in [2.24, 2.45) is 0 Å². The van der Waals surface area contributed by atoms with Gasteiger partial charge in [-0.15, -0.1) is 11.8 Å². The number of carboxylic acid groups (broad SMARTS) is 1. The maximum Gasteiger partial charge on any atom is 0.324 e. The van der Waals surface area contributed by atoms with Gasteiger partial charge in [-0.1, -0.05) is 37.0 Å². The number of anilines is 1. The van der Waals surface area contributed by atoms with Crippen molar-refractivity contribution in [1.82, 2.24) is 9.88 Å². The maximum absolute atomic E-state index is 12.9. The predicted molar refractivity (Wildman–Crippen MR) is 100 cm³/mol. The summed E-state index contributed by atoms with van der Waals surface area (Å²) < 4.78 is 0.808. The number of thiazole rings is 1. The molecule has 1 heterocycles. The molecular formula is C17H25N3O3S2. The summed E-state index contributed by atoms with van der Waals surface area (Å²) in [7, 11) is 0. The maximum atomic E-state index is 12.9. The van der Waals surface area contributed by atoms with E-state index in [1.54, 1.807) is 6.20 Å². The van der Waals surface area contributed by atoms with E-state index in [0.717, 1.165) is 29.9 Å². The molecule has 0 atom stereocenters. The second-order valence-electron chi connectivity index (χ2n) is 6.73. The normalized spacial score (nSPS) is 19.0. The monoisotopic (exact) mass is 383 g/mol. The number of amides is 2. The summed E-state index contributed by atoms with van der Waals surface area (Å²) in [5.41, 5.74) is 0. The number of carbonyl (C=O) groups is 2. The van der Waals surface area contributed by atoms with Crippen molar-refractivity contribution in [2.75, 3.05) is 11.1 Å². The lowest BCUT2D eigenvalue weighted by Gasteiger charge is -2.42. The van der Waals surface area contributed by atoms with Crippen LogP contribution in [0.1, 0.15) is 57.8 Å². The van der Waals surface area contributed by atoms with Gasteiger partial charge in [0.25, 0.3) is 0 Å². The van der Waals surface area contributed by atoms with Gasteiger partial charge in [0.05, 0.1) is 16.2 Å². The van der Waals surface area contributed by atoms with Crippen molar-refractivity contribution in [1.29, 1.82) is 0 Å². The minimum absolute atomic E-state index is 0.00581. The average molecular weight is 384 g/mol. The van der Waals surface area contributed by atoms with Crippen LogP contribution in [-0.4, -0.2) is 44.8 Å². The van der Waals surface area contributed by atoms with Crippen LogP contribution in [0.25, 0.3) is 0 Å². The zero-order valence-electron chi connectivity index (χ0n) is 14.3. The molecule has 25 heavy (non-hydrogen) atoms. The summed E-state index contributed by atoms with van der Waals surface area (Å²) in [6, 6.07) is 0.665. The van der Waals surface area contributed by atoms with Gasteiger partial charge >= 0.3 is 12.0 Å². The molecule has 0 radical (unpaired) electrons. The van der Waals surface area contributed by atoms with Gasteiger partial charge in [-0.25, -0.2) is 9.78 Å². The average Bonchev–Trinajstić information content (AvgIpc) is 2.80. The molecule has 138 valence electrons. The third-order valence-electron chi connectivity index (χ3n) is 4.96. The van der Waals surface area contributed by atoms with Crippen LogP contribution in [0.3, 0.4) is 0 Å². The number of carbonyl (C=O) groups excluding carboxylic acids is 1. The van der Waals surface area contributed by atoms with Crippen molar-refractivity contribution in [3.05, 3.63) is 6.20 Å². The third-order valence-corrected chi connectivity index (χ3v) is 7.05. The predicted octanol–water partition coefficient (Wildman–Crippen LogP) is 4.43. The van der Waals surface area contributed by atoms with E-state index >= 15 is 0 Å². The number of urea groups is 1. The minimum Gasteiger partial charge on any atom is -0.481 e. The summed E-state index contributed by atoms with van der Waals surface area (Å²) >= 11 is 2.57. The lowest BCUT2D eigenvalue weighted by Crippen LogP contribution is -2.51. The van der Waals surface area contributed by atoms with E-state index in [1.165, 1.54) is 55.2 Å². The van der Waals surface area contributed by atoms with E-state index in [9.17, 15) is 9.59 Å². The van der Waals surface area contributed by atoms with Crippen LogP contribution in [0.15, 0.2) is 10.4 Å². The number of thioether (sulfide) groups is 1. The first-order valence-electron chi connectivity index (χ1n) is 9.03. The molecule has 2 fully saturated rings. The Morgan fingerprint density at radius 3 is 2.36 bits per heavy atom. The number of aliphatic carboxylic acids is 1. The van der Waals surface area contributed by atoms with Crippen molar-refractivity contribution >= 4 is 40.2 Å². The molecule has 2 N–H and O–H groups in total. The van der Waals surface area contributed by atoms with E-state index in [-0.39, 0.29) is 11.8 Å². The van der Waals surface area contributed by atoms with Crippen LogP contribution < -0.4 is 5.32 Å². The SMILES string of the molecule is O=C(O)CSc1cnc(NC(=O)N(C2CCCCCC2)C2CCC2)s1. The highest BCUT2D eigenvalue weighted by Gasteiger charge is 2.34. The van der Waals surface area contributed by atoms with E-state index in [1.807, 2.05) is 0 Å². The van der Waals surface area contributed by atoms with E-state index in [4.69, 9.17) is 5.11 Å². The largest absolute Gasteiger partial charge is 0.481 e. The van der Waals surface area contributed by atoms with Gasteiger partial charge in [-0.2, -0.15) is 0 Å². The molecular weight excluding hydrogens is 358 g/mol. The summed E-state index contributed by atoms with van der Waals surface area (Å²) in [6.45, 7) is 0. The Bertz CT molecular complexity index is 596. The molecule has 0 spiro atoms. The van der Waals surface area contributed by atoms with Crippen LogP contribution in [0, 0.1) is 0 Å². The Labute approximate surface area is 156 Å². The zero-order valence-corrected chi connectivity index (χ0v) is 15.9. The standard InChI is InChI=1S/C17H25N3O3S2/c21-14(22)11-24-15-10-18-16(25-15)19-17(23)20(13-8-5-9-13)12-6-3-1-2-4-7-12/h10,12-13H,1-9,11H2,(H,21,22)(H,18,19,23). The molecule has 6 nitrogen and oxygen atoms in total. The molecule has 1 aromatic rings. The van der Waals surface area contributed by atoms with E-state index in [0.29, 0.717) is 17.2 Å². The van der Waals surface area contributed by atoms with Crippen LogP contribution >= 0.6 is 23.1 Å². The van der Waals surface area contributed by atoms with E-state index in [2.05, 4.69) is 15.2 Å². The van der Waals surface area contributed by atoms with Crippen LogP contribution in [0.4, 0.5) is 9.93 Å². The number of nitrogens with zero attached hydrogens (tertiary/aromatic N) is 2. The fourth-order valence-electron chi connectivity index (χ4n) is 3.50. The molecule has 2 amide bonds. The highest BCUT2D eigenvalue weighted by molar-refractivity contribution is 8.01. The molecule has 1 aromatic heterocycles. The molecule has 0 aromatic carbocycles. The van der Waals surface area contributed by atoms with E-state index < -0.39 is 5.97 Å². The van der Waals surface area contributed by atoms with Gasteiger partial charge in [0.15, 0.2) is 5.13 Å². The second-order valence-corrected chi connectivity index (χ2v) is 9.04. The molecule has 0 saturated heterocycles. The smallest absolute Gasteiger partial charge is 0.324 e. The van der Waals surface area contributed by atoms with Gasteiger partial charge in [0.2, 0.25) is 0 Å². The second kappa shape index (κ2) is 8.89. The number of aromatic nitrogens is 1. The Morgan fingerprint density at radius 1 is 1.16 bits per heavy atom. The molecule has 2 aliphatic carbocycles. The highest BCUT2D eigenvalue weighted by Crippen LogP contribution is 2.33. The van der Waals surface area contributed by atoms with Gasteiger partial charge in [-0.3, -0.25) is 10.1 Å². The molecule has 8 heteroatoms. The van der Waals surface area contributed by atoms with Crippen molar-refractivity contribution in [2.45, 2.75) is 74.1 Å². The van der Waals surface area contributed by atoms with Gasteiger partial charge in [-0.05, 0) is 32.1 Å². The summed E-state index contributed by atoms with van der Waals surface area (Å²) in [4.78, 5) is 29.9. The fourth-order valence-corrected chi connectivity index (χ4v) is 5.09. The molecule has 2 aliphatic rings. The summed E-state index contributed by atoms with van der Waals surface area (Å²) in [5.74, 6) is -0.847. The number of carboxylic acids is 1. The highest BCUT2D eigenvalue weighted by atomic mass is 32.2. The third kappa shape index (κ3) is 5.10. The van der Waals surface area contributed by atoms with Gasteiger partial charge in [0, 0.05) is 12.1 Å². The Hall–Kier alpha value is -1.28. The van der Waals surface area contributed by atoms with Gasteiger partial charge in [0.1, 0.15) is 0 Å². The molecule has 3 rings (SSSR count). The number of hydrogen-bond acceptors (Lipinski definition) is 5. The molecule has 2 saturated carbocycles. The van der Waals surface area contributed by atoms with Crippen LogP contribution in [0.5, 0.6) is 0 Å². The van der Waals surface area contributed by atoms with Crippen LogP contribution in [0.2, 0.25) is 0 Å². The fraction of sp³-hybridized carbons (Fsp3) is 0.706. The van der Waals surface area contributed by atoms with Crippen molar-refractivity contribution in [3.8, 4) is 0 Å². The minimum atomic E-state index is -0.853. The molecule has 0 bridgehead atoms. The van der Waals surface area contributed by atoms with Crippen molar-refractivity contribution < 1.29 is 14.7 Å². The number of rotatable bonds is 6. The topological polar surface area (TPSA) is 82.5 Å². The Morgan fingerprint density at radius 2 is 1.80 bits per heavy atom. The van der Waals surface area contributed by atoms with Crippen molar-refractivity contribution in [3.63, 3.8) is 0 Å². The number of hydrogen-bond donors (Lipinski definition) is 2.